The van der Waals surface area contributed by atoms with Gasteiger partial charge in [-0.25, -0.2) is 13.2 Å². The monoisotopic (exact) mass is 754 g/mol. The minimum absolute atomic E-state index is 0.172. The van der Waals surface area contributed by atoms with Gasteiger partial charge in [0.15, 0.2) is 12.3 Å². The molecule has 7 rings (SSSR count). The first-order chi connectivity index (χ1) is 26.3. The summed E-state index contributed by atoms with van der Waals surface area (Å²) in [5.41, 5.74) is 6.53. The number of carbonyl (C=O) groups excluding carboxylic acids is 1. The first-order valence-electron chi connectivity index (χ1n) is 19.7. The second-order valence-electron chi connectivity index (χ2n) is 16.7. The summed E-state index contributed by atoms with van der Waals surface area (Å²) in [6, 6.07) is 24.1. The second-order valence-corrected chi connectivity index (χ2v) is 16.7. The van der Waals surface area contributed by atoms with Crippen molar-refractivity contribution in [3.63, 3.8) is 0 Å². The van der Waals surface area contributed by atoms with E-state index in [2.05, 4.69) is 13.8 Å². The van der Waals surface area contributed by atoms with Crippen LogP contribution < -0.4 is 4.74 Å². The topological polar surface area (TPSA) is 71.9 Å². The van der Waals surface area contributed by atoms with Crippen LogP contribution in [0.15, 0.2) is 78.9 Å². The molecule has 2 heterocycles. The molecule has 3 aliphatic rings. The van der Waals surface area contributed by atoms with E-state index in [1.165, 1.54) is 0 Å². The van der Waals surface area contributed by atoms with E-state index in [1.54, 1.807) is 36.3 Å². The average molecular weight is 755 g/mol. The number of amides is 1. The number of aliphatic hydroxyl groups is 1. The number of hydrogen-bond donors (Lipinski definition) is 1. The van der Waals surface area contributed by atoms with Crippen molar-refractivity contribution in [2.24, 2.45) is 5.41 Å². The molecule has 55 heavy (non-hydrogen) atoms. The molecule has 3 aromatic carbocycles. The lowest BCUT2D eigenvalue weighted by atomic mass is 9.68. The third-order valence-corrected chi connectivity index (χ3v) is 12.0. The lowest BCUT2D eigenvalue weighted by molar-refractivity contribution is -0.141. The first-order valence-corrected chi connectivity index (χ1v) is 19.7. The number of rotatable bonds is 10. The highest BCUT2D eigenvalue weighted by Crippen LogP contribution is 2.53. The van der Waals surface area contributed by atoms with Crippen molar-refractivity contribution in [3.8, 4) is 5.75 Å². The maximum absolute atomic E-state index is 17.7. The molecule has 1 saturated carbocycles. The Morgan fingerprint density at radius 3 is 2.18 bits per heavy atom. The van der Waals surface area contributed by atoms with Crippen LogP contribution >= 0.6 is 0 Å². The number of halogens is 3. The number of fused-ring (bicyclic) bond motifs is 1. The number of aromatic nitrogens is 1. The van der Waals surface area contributed by atoms with E-state index < -0.39 is 24.3 Å². The van der Waals surface area contributed by atoms with Gasteiger partial charge in [-0.05, 0) is 91.2 Å². The minimum atomic E-state index is -2.76. The number of nitrogens with zero attached hydrogens (tertiary/aromatic N) is 2. The molecule has 4 aromatic rings. The van der Waals surface area contributed by atoms with Crippen LogP contribution in [0.5, 0.6) is 5.75 Å². The van der Waals surface area contributed by atoms with Gasteiger partial charge in [-0.1, -0.05) is 86.1 Å². The Morgan fingerprint density at radius 2 is 1.55 bits per heavy atom. The molecule has 6 nitrogen and oxygen atoms in total. The quantitative estimate of drug-likeness (QED) is 0.175. The maximum atomic E-state index is 17.7. The largest absolute Gasteiger partial charge is 0.497 e. The van der Waals surface area contributed by atoms with Crippen molar-refractivity contribution in [1.82, 2.24) is 9.88 Å². The Balaban J connectivity index is 1.32. The van der Waals surface area contributed by atoms with E-state index in [9.17, 15) is 18.7 Å². The summed E-state index contributed by atoms with van der Waals surface area (Å²) in [4.78, 5) is 20.6. The van der Waals surface area contributed by atoms with Crippen molar-refractivity contribution < 1.29 is 32.5 Å². The number of benzene rings is 3. The lowest BCUT2D eigenvalue weighted by Crippen LogP contribution is -2.41. The predicted molar refractivity (Wildman–Crippen MR) is 207 cm³/mol. The van der Waals surface area contributed by atoms with Gasteiger partial charge < -0.3 is 19.5 Å². The van der Waals surface area contributed by atoms with Crippen molar-refractivity contribution in [2.75, 3.05) is 20.2 Å². The van der Waals surface area contributed by atoms with Gasteiger partial charge in [-0.15, -0.1) is 0 Å². The van der Waals surface area contributed by atoms with Crippen LogP contribution in [0.4, 0.5) is 13.2 Å². The number of aryl methyl sites for hydroxylation is 1. The molecule has 1 saturated heterocycles. The van der Waals surface area contributed by atoms with Gasteiger partial charge in [0.05, 0.1) is 25.5 Å². The second kappa shape index (κ2) is 16.1. The molecule has 0 bridgehead atoms. The van der Waals surface area contributed by atoms with Gasteiger partial charge >= 0.3 is 0 Å². The molecule has 2 aliphatic carbocycles. The highest BCUT2D eigenvalue weighted by Gasteiger charge is 2.44. The zero-order valence-electron chi connectivity index (χ0n) is 32.4. The maximum Gasteiger partial charge on any atom is 0.256 e. The van der Waals surface area contributed by atoms with Crippen LogP contribution in [0.1, 0.15) is 139 Å². The Bertz CT molecular complexity index is 1930. The summed E-state index contributed by atoms with van der Waals surface area (Å²) in [6.45, 7) is 7.45. The van der Waals surface area contributed by atoms with E-state index in [1.807, 2.05) is 61.5 Å². The Kier molecular flexibility index (Phi) is 11.4. The van der Waals surface area contributed by atoms with Crippen LogP contribution in [0, 0.1) is 12.3 Å². The average Bonchev–Trinajstić information content (AvgIpc) is 3.19. The molecular formula is C46H53F3N2O4. The van der Waals surface area contributed by atoms with Gasteiger partial charge in [-0.2, -0.15) is 0 Å². The van der Waals surface area contributed by atoms with E-state index in [4.69, 9.17) is 14.5 Å². The number of alkyl halides is 3. The predicted octanol–water partition coefficient (Wildman–Crippen LogP) is 10.4. The van der Waals surface area contributed by atoms with Crippen molar-refractivity contribution >= 4 is 5.91 Å². The number of aliphatic hydroxyl groups excluding tert-OH is 1. The number of carbonyl (C=O) groups is 1. The highest BCUT2D eigenvalue weighted by molar-refractivity contribution is 5.82. The van der Waals surface area contributed by atoms with Crippen molar-refractivity contribution in [3.05, 3.63) is 129 Å². The lowest BCUT2D eigenvalue weighted by Gasteiger charge is -2.42. The fourth-order valence-corrected chi connectivity index (χ4v) is 8.96. The van der Waals surface area contributed by atoms with Gasteiger partial charge in [0.1, 0.15) is 5.75 Å². The SMILES string of the molecule is COc1ccc(CO[C@H]2CC(C)(C)Cc3nc(C4CCN(C(=O)[C@H](O)c5ccccc5)CC4)c([C@@H](F)c4ccc(C)cc4)c(C4CCC(F)(F)CC4)c32)cc1. The number of hydrogen-bond acceptors (Lipinski definition) is 5. The van der Waals surface area contributed by atoms with E-state index >= 15 is 4.39 Å². The Morgan fingerprint density at radius 1 is 0.891 bits per heavy atom. The van der Waals surface area contributed by atoms with Crippen LogP contribution in [-0.4, -0.2) is 47.0 Å². The molecule has 1 aliphatic heterocycles. The molecule has 0 unspecified atom stereocenters. The number of ether oxygens (including phenoxy) is 2. The molecule has 1 N–H and O–H groups in total. The third kappa shape index (κ3) is 8.63. The zero-order valence-corrected chi connectivity index (χ0v) is 32.4. The van der Waals surface area contributed by atoms with Crippen LogP contribution in [-0.2, 0) is 22.6 Å². The smallest absolute Gasteiger partial charge is 0.256 e. The van der Waals surface area contributed by atoms with E-state index in [0.717, 1.165) is 33.7 Å². The zero-order chi connectivity index (χ0) is 38.9. The summed E-state index contributed by atoms with van der Waals surface area (Å²) in [5, 5.41) is 10.9. The summed E-state index contributed by atoms with van der Waals surface area (Å²) in [7, 11) is 1.63. The van der Waals surface area contributed by atoms with E-state index in [-0.39, 0.29) is 48.8 Å². The number of likely N-dealkylation sites (tertiary alicyclic amines) is 1. The fraction of sp³-hybridized carbons (Fsp3) is 0.478. The van der Waals surface area contributed by atoms with Gasteiger partial charge in [0, 0.05) is 48.7 Å². The minimum Gasteiger partial charge on any atom is -0.497 e. The molecule has 1 aromatic heterocycles. The fourth-order valence-electron chi connectivity index (χ4n) is 8.96. The van der Waals surface area contributed by atoms with E-state index in [0.29, 0.717) is 67.8 Å². The number of methoxy groups -OCH3 is 1. The van der Waals surface area contributed by atoms with Crippen molar-refractivity contribution in [2.45, 2.75) is 115 Å². The Hall–Kier alpha value is -4.21. The standard InChI is InChI=1S/C46H53F3N2O4/c1-29-10-14-32(15-11-29)41(47)40-38(31-18-22-46(48,49)23-19-31)39-36(26-45(2,3)27-37(39)55-28-30-12-16-35(54-4)17-13-30)50-42(40)33-20-24-51(25-21-33)44(53)43(52)34-8-6-5-7-9-34/h5-17,31,33,37,41,43,52H,18-28H2,1-4H3/t37-,41-,43+/m0/s1. The highest BCUT2D eigenvalue weighted by atomic mass is 19.3. The summed E-state index contributed by atoms with van der Waals surface area (Å²) >= 11 is 0. The summed E-state index contributed by atoms with van der Waals surface area (Å²) < 4.78 is 59.5. The normalized spacial score (nSPS) is 21.1. The van der Waals surface area contributed by atoms with Gasteiger partial charge in [0.25, 0.3) is 5.91 Å². The van der Waals surface area contributed by atoms with Crippen molar-refractivity contribution in [1.29, 1.82) is 0 Å². The molecule has 1 amide bonds. The molecule has 0 radical (unpaired) electrons. The summed E-state index contributed by atoms with van der Waals surface area (Å²) in [6.07, 6.45) is -0.828. The number of piperidine rings is 1. The third-order valence-electron chi connectivity index (χ3n) is 12.0. The molecule has 292 valence electrons. The number of pyridine rings is 1. The molecule has 2 fully saturated rings. The first kappa shape index (κ1) is 39.0. The van der Waals surface area contributed by atoms with Gasteiger partial charge in [0.2, 0.25) is 5.92 Å². The van der Waals surface area contributed by atoms with Gasteiger partial charge in [-0.3, -0.25) is 9.78 Å². The Labute approximate surface area is 323 Å². The molecule has 0 spiro atoms. The van der Waals surface area contributed by atoms with Crippen LogP contribution in [0.2, 0.25) is 0 Å². The molecule has 3 atom stereocenters. The summed E-state index contributed by atoms with van der Waals surface area (Å²) in [5.74, 6) is -2.82. The van der Waals surface area contributed by atoms with Crippen LogP contribution in [0.25, 0.3) is 0 Å². The molecule has 9 heteroatoms. The van der Waals surface area contributed by atoms with Crippen LogP contribution in [0.3, 0.4) is 0 Å². The molecular weight excluding hydrogens is 702 g/mol.